The van der Waals surface area contributed by atoms with Gasteiger partial charge >= 0.3 is 0 Å². The first-order valence-corrected chi connectivity index (χ1v) is 8.53. The fraction of sp³-hybridized carbons (Fsp3) is 0.176. The number of nitrogens with zero attached hydrogens (tertiary/aromatic N) is 1. The molecule has 1 amide bonds. The Kier molecular flexibility index (Phi) is 3.82. The zero-order valence-corrected chi connectivity index (χ0v) is 14.4. The summed E-state index contributed by atoms with van der Waals surface area (Å²) in [5.74, 6) is 2.75. The number of amides is 1. The SMILES string of the molecule is Cc1ccc(C=C2SC(=S)N(Cc3ccc4c(c3)OCO4)C2=O)o1. The Bertz CT molecular complexity index is 871. The number of ether oxygens (including phenoxy) is 2. The summed E-state index contributed by atoms with van der Waals surface area (Å²) in [5.41, 5.74) is 0.936. The molecule has 0 N–H and O–H groups in total. The van der Waals surface area contributed by atoms with Crippen molar-refractivity contribution in [3.05, 3.63) is 52.3 Å². The van der Waals surface area contributed by atoms with Crippen molar-refractivity contribution in [1.29, 1.82) is 0 Å². The van der Waals surface area contributed by atoms with Gasteiger partial charge in [0.25, 0.3) is 5.91 Å². The molecule has 122 valence electrons. The van der Waals surface area contributed by atoms with Crippen LogP contribution >= 0.6 is 24.0 Å². The number of carbonyl (C=O) groups is 1. The fourth-order valence-electron chi connectivity index (χ4n) is 2.52. The van der Waals surface area contributed by atoms with Gasteiger partial charge in [0.2, 0.25) is 6.79 Å². The second-order valence-electron chi connectivity index (χ2n) is 5.40. The number of furan rings is 1. The van der Waals surface area contributed by atoms with Crippen molar-refractivity contribution in [3.63, 3.8) is 0 Å². The first-order valence-electron chi connectivity index (χ1n) is 7.30. The van der Waals surface area contributed by atoms with Crippen LogP contribution in [0.2, 0.25) is 0 Å². The summed E-state index contributed by atoms with van der Waals surface area (Å²) in [4.78, 5) is 14.8. The highest BCUT2D eigenvalue weighted by molar-refractivity contribution is 8.26. The number of hydrogen-bond donors (Lipinski definition) is 0. The van der Waals surface area contributed by atoms with Crippen molar-refractivity contribution in [2.45, 2.75) is 13.5 Å². The van der Waals surface area contributed by atoms with Gasteiger partial charge in [-0.1, -0.05) is 30.0 Å². The second kappa shape index (κ2) is 5.99. The van der Waals surface area contributed by atoms with Crippen LogP contribution < -0.4 is 9.47 Å². The van der Waals surface area contributed by atoms with Gasteiger partial charge in [-0.25, -0.2) is 0 Å². The number of carbonyl (C=O) groups excluding carboxylic acids is 1. The van der Waals surface area contributed by atoms with Gasteiger partial charge < -0.3 is 13.9 Å². The van der Waals surface area contributed by atoms with E-state index in [9.17, 15) is 4.79 Å². The van der Waals surface area contributed by atoms with Gasteiger partial charge in [0.05, 0.1) is 11.4 Å². The molecule has 3 heterocycles. The van der Waals surface area contributed by atoms with E-state index in [1.54, 1.807) is 11.0 Å². The van der Waals surface area contributed by atoms with Gasteiger partial charge in [-0.3, -0.25) is 9.69 Å². The maximum Gasteiger partial charge on any atom is 0.266 e. The molecule has 0 saturated carbocycles. The molecule has 4 rings (SSSR count). The van der Waals surface area contributed by atoms with Crippen molar-refractivity contribution in [2.75, 3.05) is 6.79 Å². The summed E-state index contributed by atoms with van der Waals surface area (Å²) in [6, 6.07) is 9.32. The third-order valence-electron chi connectivity index (χ3n) is 3.69. The van der Waals surface area contributed by atoms with E-state index in [2.05, 4.69) is 0 Å². The number of rotatable bonds is 3. The van der Waals surface area contributed by atoms with E-state index in [1.807, 2.05) is 37.3 Å². The highest BCUT2D eigenvalue weighted by atomic mass is 32.2. The van der Waals surface area contributed by atoms with Crippen LogP contribution in [-0.4, -0.2) is 21.9 Å². The Morgan fingerprint density at radius 1 is 1.25 bits per heavy atom. The molecule has 1 aromatic carbocycles. The van der Waals surface area contributed by atoms with Crippen molar-refractivity contribution in [2.24, 2.45) is 0 Å². The molecule has 0 unspecified atom stereocenters. The van der Waals surface area contributed by atoms with Crippen LogP contribution in [0.3, 0.4) is 0 Å². The molecule has 0 spiro atoms. The Labute approximate surface area is 148 Å². The van der Waals surface area contributed by atoms with Crippen LogP contribution in [0, 0.1) is 6.92 Å². The van der Waals surface area contributed by atoms with E-state index in [-0.39, 0.29) is 12.7 Å². The smallest absolute Gasteiger partial charge is 0.266 e. The molecule has 1 fully saturated rings. The second-order valence-corrected chi connectivity index (χ2v) is 7.08. The van der Waals surface area contributed by atoms with Crippen molar-refractivity contribution in [3.8, 4) is 11.5 Å². The minimum absolute atomic E-state index is 0.114. The fourth-order valence-corrected chi connectivity index (χ4v) is 3.75. The minimum atomic E-state index is -0.114. The first kappa shape index (κ1) is 15.3. The number of thiocarbonyl (C=S) groups is 1. The lowest BCUT2D eigenvalue weighted by Crippen LogP contribution is -2.27. The number of fused-ring (bicyclic) bond motifs is 1. The van der Waals surface area contributed by atoms with E-state index >= 15 is 0 Å². The highest BCUT2D eigenvalue weighted by Gasteiger charge is 2.32. The van der Waals surface area contributed by atoms with Crippen LogP contribution in [-0.2, 0) is 11.3 Å². The lowest BCUT2D eigenvalue weighted by molar-refractivity contribution is -0.122. The summed E-state index contributed by atoms with van der Waals surface area (Å²) in [5, 5.41) is 0. The third-order valence-corrected chi connectivity index (χ3v) is 5.06. The predicted molar refractivity (Wildman–Crippen MR) is 94.7 cm³/mol. The van der Waals surface area contributed by atoms with Crippen LogP contribution in [0.5, 0.6) is 11.5 Å². The molecular formula is C17H13NO4S2. The van der Waals surface area contributed by atoms with Gasteiger partial charge in [-0.05, 0) is 36.8 Å². The lowest BCUT2D eigenvalue weighted by Gasteiger charge is -2.14. The Morgan fingerprint density at radius 2 is 2.08 bits per heavy atom. The molecule has 0 radical (unpaired) electrons. The number of thioether (sulfide) groups is 1. The minimum Gasteiger partial charge on any atom is -0.462 e. The van der Waals surface area contributed by atoms with Gasteiger partial charge in [0.15, 0.2) is 11.5 Å². The summed E-state index contributed by atoms with van der Waals surface area (Å²) in [6.07, 6.45) is 1.73. The number of aryl methyl sites for hydroxylation is 1. The molecule has 0 atom stereocenters. The van der Waals surface area contributed by atoms with Crippen LogP contribution in [0.15, 0.2) is 39.7 Å². The number of hydrogen-bond acceptors (Lipinski definition) is 6. The molecule has 7 heteroatoms. The average molecular weight is 359 g/mol. The largest absolute Gasteiger partial charge is 0.462 e. The molecule has 24 heavy (non-hydrogen) atoms. The van der Waals surface area contributed by atoms with E-state index in [0.29, 0.717) is 27.3 Å². The van der Waals surface area contributed by atoms with E-state index in [1.165, 1.54) is 11.8 Å². The molecular weight excluding hydrogens is 346 g/mol. The Balaban J connectivity index is 1.54. The monoisotopic (exact) mass is 359 g/mol. The van der Waals surface area contributed by atoms with E-state index in [4.69, 9.17) is 26.1 Å². The molecule has 2 aromatic rings. The maximum atomic E-state index is 12.6. The molecule has 5 nitrogen and oxygen atoms in total. The molecule has 0 aliphatic carbocycles. The standard InChI is InChI=1S/C17H13NO4S2/c1-10-2-4-12(22-10)7-15-16(19)18(17(23)24-15)8-11-3-5-13-14(6-11)21-9-20-13/h2-7H,8-9H2,1H3. The van der Waals surface area contributed by atoms with Gasteiger partial charge in [0, 0.05) is 6.08 Å². The van der Waals surface area contributed by atoms with Crippen molar-refractivity contribution in [1.82, 2.24) is 4.90 Å². The zero-order chi connectivity index (χ0) is 16.7. The maximum absolute atomic E-state index is 12.6. The molecule has 1 saturated heterocycles. The lowest BCUT2D eigenvalue weighted by atomic mass is 10.2. The Morgan fingerprint density at radius 3 is 2.88 bits per heavy atom. The number of benzene rings is 1. The summed E-state index contributed by atoms with van der Waals surface area (Å²) >= 11 is 6.64. The van der Waals surface area contributed by atoms with Crippen LogP contribution in [0.4, 0.5) is 0 Å². The first-order chi connectivity index (χ1) is 11.6. The Hall–Kier alpha value is -2.25. The van der Waals surface area contributed by atoms with Crippen molar-refractivity contribution >= 4 is 40.3 Å². The van der Waals surface area contributed by atoms with E-state index in [0.717, 1.165) is 17.1 Å². The van der Waals surface area contributed by atoms with Crippen LogP contribution in [0.1, 0.15) is 17.1 Å². The van der Waals surface area contributed by atoms with Crippen molar-refractivity contribution < 1.29 is 18.7 Å². The van der Waals surface area contributed by atoms with Gasteiger partial charge in [0.1, 0.15) is 15.8 Å². The predicted octanol–water partition coefficient (Wildman–Crippen LogP) is 3.72. The highest BCUT2D eigenvalue weighted by Crippen LogP contribution is 2.36. The summed E-state index contributed by atoms with van der Waals surface area (Å²) < 4.78 is 16.7. The summed E-state index contributed by atoms with van der Waals surface area (Å²) in [7, 11) is 0. The molecule has 2 aliphatic rings. The third kappa shape index (κ3) is 2.81. The summed E-state index contributed by atoms with van der Waals surface area (Å²) in [6.45, 7) is 2.49. The van der Waals surface area contributed by atoms with E-state index < -0.39 is 0 Å². The van der Waals surface area contributed by atoms with Gasteiger partial charge in [-0.15, -0.1) is 0 Å². The molecule has 0 bridgehead atoms. The van der Waals surface area contributed by atoms with Crippen LogP contribution in [0.25, 0.3) is 6.08 Å². The topological polar surface area (TPSA) is 51.9 Å². The zero-order valence-electron chi connectivity index (χ0n) is 12.8. The normalized spacial score (nSPS) is 18.0. The molecule has 2 aliphatic heterocycles. The van der Waals surface area contributed by atoms with Gasteiger partial charge in [-0.2, -0.15) is 0 Å². The average Bonchev–Trinajstić information content (AvgIpc) is 3.24. The molecule has 1 aromatic heterocycles. The quantitative estimate of drug-likeness (QED) is 0.615.